The summed E-state index contributed by atoms with van der Waals surface area (Å²) in [5, 5.41) is 2.87. The maximum atomic E-state index is 13.0. The predicted octanol–water partition coefficient (Wildman–Crippen LogP) is 2.19. The van der Waals surface area contributed by atoms with Gasteiger partial charge in [-0.2, -0.15) is 8.61 Å². The van der Waals surface area contributed by atoms with E-state index in [-0.39, 0.29) is 28.8 Å². The highest BCUT2D eigenvalue weighted by Crippen LogP contribution is 2.25. The normalized spacial score (nSPS) is 20.4. The molecule has 0 saturated carbocycles. The molecule has 2 aliphatic heterocycles. The van der Waals surface area contributed by atoms with Crippen LogP contribution in [0.2, 0.25) is 0 Å². The topological polar surface area (TPSA) is 113 Å². The van der Waals surface area contributed by atoms with Gasteiger partial charge in [0.25, 0.3) is 0 Å². The van der Waals surface area contributed by atoms with Gasteiger partial charge in [0.1, 0.15) is 0 Å². The molecule has 2 aromatic rings. The Kier molecular flexibility index (Phi) is 8.29. The number of carbonyl (C=O) groups excluding carboxylic acids is 1. The molecule has 0 aliphatic carbocycles. The minimum Gasteiger partial charge on any atom is -0.379 e. The molecular formula is C23H28BrN3O6S2. The van der Waals surface area contributed by atoms with E-state index in [1.807, 2.05) is 0 Å². The number of nitrogens with one attached hydrogen (secondary N) is 1. The Hall–Kier alpha value is -1.83. The van der Waals surface area contributed by atoms with Crippen molar-refractivity contribution in [2.45, 2.75) is 29.2 Å². The van der Waals surface area contributed by atoms with Gasteiger partial charge in [0.15, 0.2) is 0 Å². The Labute approximate surface area is 214 Å². The third kappa shape index (κ3) is 6.12. The number of halogens is 1. The summed E-state index contributed by atoms with van der Waals surface area (Å²) in [6, 6.07) is 12.9. The Morgan fingerprint density at radius 2 is 1.46 bits per heavy atom. The molecule has 2 heterocycles. The second kappa shape index (κ2) is 11.1. The molecule has 0 bridgehead atoms. The van der Waals surface area contributed by atoms with Crippen LogP contribution in [0.3, 0.4) is 0 Å². The number of amides is 1. The van der Waals surface area contributed by atoms with Crippen LogP contribution in [-0.4, -0.2) is 70.7 Å². The van der Waals surface area contributed by atoms with E-state index in [4.69, 9.17) is 4.74 Å². The average Bonchev–Trinajstić information content (AvgIpc) is 2.88. The number of hydrogen-bond donors (Lipinski definition) is 1. The monoisotopic (exact) mass is 585 g/mol. The summed E-state index contributed by atoms with van der Waals surface area (Å²) in [7, 11) is -7.25. The fourth-order valence-corrected chi connectivity index (χ4v) is 7.38. The molecule has 1 amide bonds. The van der Waals surface area contributed by atoms with Crippen LogP contribution < -0.4 is 5.32 Å². The highest BCUT2D eigenvalue weighted by molar-refractivity contribution is 9.10. The predicted molar refractivity (Wildman–Crippen MR) is 133 cm³/mol. The number of carbonyl (C=O) groups is 1. The van der Waals surface area contributed by atoms with Gasteiger partial charge in [0.05, 0.1) is 28.9 Å². The lowest BCUT2D eigenvalue weighted by molar-refractivity contribution is -0.126. The Morgan fingerprint density at radius 1 is 0.886 bits per heavy atom. The van der Waals surface area contributed by atoms with Crippen molar-refractivity contribution >= 4 is 41.9 Å². The van der Waals surface area contributed by atoms with E-state index in [0.717, 1.165) is 10.0 Å². The highest BCUT2D eigenvalue weighted by Gasteiger charge is 2.33. The van der Waals surface area contributed by atoms with E-state index < -0.39 is 26.0 Å². The van der Waals surface area contributed by atoms with Gasteiger partial charge >= 0.3 is 0 Å². The highest BCUT2D eigenvalue weighted by atomic mass is 79.9. The number of morpholine rings is 1. The molecule has 0 aromatic heterocycles. The number of nitrogens with zero attached hydrogens (tertiary/aromatic N) is 2. The minimum atomic E-state index is -3.68. The van der Waals surface area contributed by atoms with Gasteiger partial charge in [-0.3, -0.25) is 4.79 Å². The van der Waals surface area contributed by atoms with Gasteiger partial charge in [-0.25, -0.2) is 16.8 Å². The first-order valence-corrected chi connectivity index (χ1v) is 15.1. The molecule has 0 unspecified atom stereocenters. The first kappa shape index (κ1) is 26.2. The number of ether oxygens (including phenoxy) is 1. The lowest BCUT2D eigenvalue weighted by Crippen LogP contribution is -2.45. The third-order valence-corrected chi connectivity index (χ3v) is 10.5. The fourth-order valence-electron chi connectivity index (χ4n) is 4.18. The van der Waals surface area contributed by atoms with Crippen molar-refractivity contribution < 1.29 is 26.4 Å². The molecule has 2 fully saturated rings. The molecule has 1 N–H and O–H groups in total. The molecule has 190 valence electrons. The molecule has 1 atom stereocenters. The molecule has 9 nitrogen and oxygen atoms in total. The molecule has 2 saturated heterocycles. The quantitative estimate of drug-likeness (QED) is 0.533. The van der Waals surface area contributed by atoms with Gasteiger partial charge in [0, 0.05) is 37.2 Å². The first-order valence-electron chi connectivity index (χ1n) is 11.4. The third-order valence-electron chi connectivity index (χ3n) is 6.20. The number of benzene rings is 2. The zero-order valence-corrected chi connectivity index (χ0v) is 22.3. The van der Waals surface area contributed by atoms with Crippen LogP contribution in [0.5, 0.6) is 0 Å². The summed E-state index contributed by atoms with van der Waals surface area (Å²) in [5.41, 5.74) is 0.759. The first-order chi connectivity index (χ1) is 16.7. The standard InChI is InChI=1S/C23H28BrN3O6S2/c24-20-5-9-22(10-6-20)35(31,32)27-11-1-2-19(17-27)23(28)25-16-18-3-7-21(8-4-18)34(29,30)26-12-14-33-15-13-26/h3-10,19H,1-2,11-17H2,(H,25,28)/t19-/m0/s1. The molecule has 0 spiro atoms. The van der Waals surface area contributed by atoms with E-state index >= 15 is 0 Å². The molecule has 0 radical (unpaired) electrons. The minimum absolute atomic E-state index is 0.126. The Balaban J connectivity index is 1.34. The van der Waals surface area contributed by atoms with E-state index in [1.54, 1.807) is 48.5 Å². The van der Waals surface area contributed by atoms with Crippen molar-refractivity contribution in [2.75, 3.05) is 39.4 Å². The molecule has 12 heteroatoms. The molecule has 2 aliphatic rings. The Morgan fingerprint density at radius 3 is 2.09 bits per heavy atom. The maximum absolute atomic E-state index is 13.0. The van der Waals surface area contributed by atoms with Crippen molar-refractivity contribution in [3.63, 3.8) is 0 Å². The second-order valence-electron chi connectivity index (χ2n) is 8.53. The van der Waals surface area contributed by atoms with Crippen LogP contribution in [-0.2, 0) is 36.1 Å². The average molecular weight is 587 g/mol. The summed E-state index contributed by atoms with van der Waals surface area (Å²) < 4.78 is 60.3. The second-order valence-corrected chi connectivity index (χ2v) is 13.3. The number of hydrogen-bond acceptors (Lipinski definition) is 6. The van der Waals surface area contributed by atoms with Crippen LogP contribution in [0.25, 0.3) is 0 Å². The summed E-state index contributed by atoms with van der Waals surface area (Å²) >= 11 is 3.31. The summed E-state index contributed by atoms with van der Waals surface area (Å²) in [6.07, 6.45) is 1.21. The van der Waals surface area contributed by atoms with Crippen molar-refractivity contribution in [3.05, 3.63) is 58.6 Å². The summed E-state index contributed by atoms with van der Waals surface area (Å²) in [5.74, 6) is -0.666. The van der Waals surface area contributed by atoms with Gasteiger partial charge in [-0.1, -0.05) is 28.1 Å². The SMILES string of the molecule is O=C(NCc1ccc(S(=O)(=O)N2CCOCC2)cc1)[C@H]1CCCN(S(=O)(=O)c2ccc(Br)cc2)C1. The van der Waals surface area contributed by atoms with Crippen LogP contribution in [0, 0.1) is 5.92 Å². The number of sulfonamides is 2. The lowest BCUT2D eigenvalue weighted by Gasteiger charge is -2.31. The van der Waals surface area contributed by atoms with Crippen molar-refractivity contribution in [1.82, 2.24) is 13.9 Å². The van der Waals surface area contributed by atoms with E-state index in [1.165, 1.54) is 8.61 Å². The fraction of sp³-hybridized carbons (Fsp3) is 0.435. The molecule has 2 aromatic carbocycles. The van der Waals surface area contributed by atoms with Crippen LogP contribution >= 0.6 is 15.9 Å². The zero-order chi connectivity index (χ0) is 25.1. The Bertz CT molecular complexity index is 1250. The van der Waals surface area contributed by atoms with E-state index in [9.17, 15) is 21.6 Å². The maximum Gasteiger partial charge on any atom is 0.243 e. The van der Waals surface area contributed by atoms with Gasteiger partial charge in [-0.05, 0) is 54.8 Å². The van der Waals surface area contributed by atoms with Gasteiger partial charge in [0.2, 0.25) is 26.0 Å². The van der Waals surface area contributed by atoms with Crippen LogP contribution in [0.4, 0.5) is 0 Å². The summed E-state index contributed by atoms with van der Waals surface area (Å²) in [6.45, 7) is 2.15. The largest absolute Gasteiger partial charge is 0.379 e. The van der Waals surface area contributed by atoms with Crippen molar-refractivity contribution in [3.8, 4) is 0 Å². The van der Waals surface area contributed by atoms with Crippen LogP contribution in [0.15, 0.2) is 62.8 Å². The smallest absolute Gasteiger partial charge is 0.243 e. The van der Waals surface area contributed by atoms with E-state index in [2.05, 4.69) is 21.2 Å². The molecule has 35 heavy (non-hydrogen) atoms. The number of piperidine rings is 1. The van der Waals surface area contributed by atoms with Gasteiger partial charge < -0.3 is 10.1 Å². The van der Waals surface area contributed by atoms with E-state index in [0.29, 0.717) is 45.7 Å². The number of rotatable bonds is 7. The van der Waals surface area contributed by atoms with Crippen LogP contribution in [0.1, 0.15) is 18.4 Å². The molecular weight excluding hydrogens is 558 g/mol. The zero-order valence-electron chi connectivity index (χ0n) is 19.1. The lowest BCUT2D eigenvalue weighted by atomic mass is 9.99. The summed E-state index contributed by atoms with van der Waals surface area (Å²) in [4.78, 5) is 13.2. The van der Waals surface area contributed by atoms with Crippen molar-refractivity contribution in [1.29, 1.82) is 0 Å². The van der Waals surface area contributed by atoms with Crippen molar-refractivity contribution in [2.24, 2.45) is 5.92 Å². The molecule has 4 rings (SSSR count). The van der Waals surface area contributed by atoms with Gasteiger partial charge in [-0.15, -0.1) is 0 Å².